The van der Waals surface area contributed by atoms with Crippen LogP contribution in [0, 0.1) is 11.8 Å². The molecule has 0 amide bonds. The van der Waals surface area contributed by atoms with E-state index >= 15 is 0 Å². The van der Waals surface area contributed by atoms with Crippen molar-refractivity contribution >= 4 is 17.5 Å². The molecule has 0 bridgehead atoms. The van der Waals surface area contributed by atoms with Crippen LogP contribution in [-0.4, -0.2) is 23.1 Å². The van der Waals surface area contributed by atoms with Crippen LogP contribution < -0.4 is 0 Å². The van der Waals surface area contributed by atoms with Crippen molar-refractivity contribution in [3.05, 3.63) is 35.9 Å². The summed E-state index contributed by atoms with van der Waals surface area (Å²) in [7, 11) is 0. The number of carbonyl (C=O) groups excluding carboxylic acids is 3. The van der Waals surface area contributed by atoms with E-state index in [1.807, 2.05) is 30.3 Å². The van der Waals surface area contributed by atoms with Crippen molar-refractivity contribution in [3.8, 4) is 0 Å². The Balaban J connectivity index is 2.41. The molecule has 0 aromatic heterocycles. The van der Waals surface area contributed by atoms with Crippen LogP contribution in [0.3, 0.4) is 0 Å². The van der Waals surface area contributed by atoms with Crippen molar-refractivity contribution in [3.63, 3.8) is 0 Å². The van der Waals surface area contributed by atoms with Gasteiger partial charge in [-0.3, -0.25) is 14.4 Å². The fourth-order valence-electron chi connectivity index (χ4n) is 3.23. The van der Waals surface area contributed by atoms with Crippen molar-refractivity contribution < 1.29 is 19.1 Å². The quantitative estimate of drug-likeness (QED) is 0.803. The zero-order valence-electron chi connectivity index (χ0n) is 14.2. The Kier molecular flexibility index (Phi) is 5.03. The van der Waals surface area contributed by atoms with Crippen LogP contribution in [0.4, 0.5) is 0 Å². The summed E-state index contributed by atoms with van der Waals surface area (Å²) in [5, 5.41) is 0. The third kappa shape index (κ3) is 4.27. The van der Waals surface area contributed by atoms with Crippen LogP contribution in [-0.2, 0) is 19.1 Å². The van der Waals surface area contributed by atoms with E-state index in [0.29, 0.717) is 0 Å². The highest BCUT2D eigenvalue weighted by molar-refractivity contribution is 5.93. The van der Waals surface area contributed by atoms with Crippen molar-refractivity contribution in [2.45, 2.75) is 52.1 Å². The summed E-state index contributed by atoms with van der Waals surface area (Å²) in [6, 6.07) is 9.45. The Morgan fingerprint density at radius 1 is 1.09 bits per heavy atom. The van der Waals surface area contributed by atoms with E-state index in [4.69, 9.17) is 4.74 Å². The molecule has 0 spiro atoms. The molecule has 0 radical (unpaired) electrons. The van der Waals surface area contributed by atoms with Gasteiger partial charge in [-0.15, -0.1) is 0 Å². The van der Waals surface area contributed by atoms with Gasteiger partial charge in [-0.05, 0) is 33.3 Å². The van der Waals surface area contributed by atoms with Gasteiger partial charge in [0.15, 0.2) is 0 Å². The fourth-order valence-corrected chi connectivity index (χ4v) is 3.23. The first-order valence-electron chi connectivity index (χ1n) is 7.99. The van der Waals surface area contributed by atoms with Gasteiger partial charge in [0.2, 0.25) is 0 Å². The minimum atomic E-state index is -0.624. The van der Waals surface area contributed by atoms with Crippen LogP contribution in [0.1, 0.15) is 52.0 Å². The topological polar surface area (TPSA) is 60.4 Å². The van der Waals surface area contributed by atoms with Gasteiger partial charge in [0, 0.05) is 24.7 Å². The molecule has 4 nitrogen and oxygen atoms in total. The predicted octanol–water partition coefficient (Wildman–Crippen LogP) is 3.30. The number of hydrogen-bond acceptors (Lipinski definition) is 4. The lowest BCUT2D eigenvalue weighted by atomic mass is 9.67. The summed E-state index contributed by atoms with van der Waals surface area (Å²) < 4.78 is 5.54. The molecule has 1 fully saturated rings. The summed E-state index contributed by atoms with van der Waals surface area (Å²) in [6.07, 6.45) is 0.403. The van der Waals surface area contributed by atoms with Crippen LogP contribution >= 0.6 is 0 Å². The van der Waals surface area contributed by atoms with Gasteiger partial charge in [-0.25, -0.2) is 0 Å². The minimum absolute atomic E-state index is 0.0267. The SMILES string of the molecule is CC(=O)C1CC(=O)CC(c2ccccc2)C1C(=O)OC(C)(C)C. The highest BCUT2D eigenvalue weighted by atomic mass is 16.6. The molecular formula is C19H24O4. The van der Waals surface area contributed by atoms with Crippen molar-refractivity contribution in [1.82, 2.24) is 0 Å². The Hall–Kier alpha value is -1.97. The normalized spacial score (nSPS) is 25.0. The highest BCUT2D eigenvalue weighted by Crippen LogP contribution is 2.41. The maximum Gasteiger partial charge on any atom is 0.310 e. The molecule has 0 saturated heterocycles. The molecule has 1 saturated carbocycles. The third-order valence-electron chi connectivity index (χ3n) is 4.19. The van der Waals surface area contributed by atoms with E-state index < -0.39 is 17.4 Å². The van der Waals surface area contributed by atoms with E-state index in [2.05, 4.69) is 0 Å². The number of esters is 1. The minimum Gasteiger partial charge on any atom is -0.460 e. The number of benzene rings is 1. The van der Waals surface area contributed by atoms with Gasteiger partial charge in [-0.2, -0.15) is 0 Å². The van der Waals surface area contributed by atoms with E-state index in [9.17, 15) is 14.4 Å². The third-order valence-corrected chi connectivity index (χ3v) is 4.19. The zero-order chi connectivity index (χ0) is 17.2. The van der Waals surface area contributed by atoms with Gasteiger partial charge in [0.25, 0.3) is 0 Å². The lowest BCUT2D eigenvalue weighted by molar-refractivity contribution is -0.166. The van der Waals surface area contributed by atoms with Crippen LogP contribution in [0.25, 0.3) is 0 Å². The van der Waals surface area contributed by atoms with Crippen molar-refractivity contribution in [2.75, 3.05) is 0 Å². The summed E-state index contributed by atoms with van der Waals surface area (Å²) in [5.41, 5.74) is 0.281. The first kappa shape index (κ1) is 17.4. The van der Waals surface area contributed by atoms with Gasteiger partial charge in [0.1, 0.15) is 17.2 Å². The number of hydrogen-bond donors (Lipinski definition) is 0. The number of ketones is 2. The molecule has 124 valence electrons. The summed E-state index contributed by atoms with van der Waals surface area (Å²) in [5.74, 6) is -2.00. The molecule has 23 heavy (non-hydrogen) atoms. The van der Waals surface area contributed by atoms with Crippen LogP contribution in [0.5, 0.6) is 0 Å². The number of rotatable bonds is 3. The molecule has 2 rings (SSSR count). The second-order valence-corrected chi connectivity index (χ2v) is 7.24. The Bertz CT molecular complexity index is 598. The number of Topliss-reactive ketones (excluding diaryl/α,β-unsaturated/α-hetero) is 2. The van der Waals surface area contributed by atoms with Crippen LogP contribution in [0.15, 0.2) is 30.3 Å². The Morgan fingerprint density at radius 3 is 2.22 bits per heavy atom. The maximum absolute atomic E-state index is 12.7. The largest absolute Gasteiger partial charge is 0.460 e. The lowest BCUT2D eigenvalue weighted by Gasteiger charge is -2.36. The zero-order valence-corrected chi connectivity index (χ0v) is 14.2. The molecule has 4 heteroatoms. The van der Waals surface area contributed by atoms with Crippen molar-refractivity contribution in [2.24, 2.45) is 11.8 Å². The maximum atomic E-state index is 12.7. The highest BCUT2D eigenvalue weighted by Gasteiger charge is 2.45. The van der Waals surface area contributed by atoms with Crippen molar-refractivity contribution in [1.29, 1.82) is 0 Å². The second kappa shape index (κ2) is 6.65. The van der Waals surface area contributed by atoms with E-state index in [1.165, 1.54) is 6.92 Å². The van der Waals surface area contributed by atoms with Gasteiger partial charge < -0.3 is 4.74 Å². The molecule has 0 heterocycles. The summed E-state index contributed by atoms with van der Waals surface area (Å²) >= 11 is 0. The standard InChI is InChI=1S/C19H24O4/c1-12(20)15-10-14(21)11-16(13-8-6-5-7-9-13)17(15)18(22)23-19(2,3)4/h5-9,15-17H,10-11H2,1-4H3. The summed E-state index contributed by atoms with van der Waals surface area (Å²) in [6.45, 7) is 6.86. The van der Waals surface area contributed by atoms with Gasteiger partial charge >= 0.3 is 5.97 Å². The lowest BCUT2D eigenvalue weighted by Crippen LogP contribution is -2.43. The van der Waals surface area contributed by atoms with E-state index in [0.717, 1.165) is 5.56 Å². The first-order valence-corrected chi connectivity index (χ1v) is 7.99. The number of ether oxygens (including phenoxy) is 1. The average molecular weight is 316 g/mol. The molecular weight excluding hydrogens is 292 g/mol. The smallest absolute Gasteiger partial charge is 0.310 e. The van der Waals surface area contributed by atoms with E-state index in [1.54, 1.807) is 20.8 Å². The molecule has 1 aliphatic carbocycles. The molecule has 0 aliphatic heterocycles. The average Bonchev–Trinajstić information content (AvgIpc) is 2.45. The molecule has 1 aromatic carbocycles. The Morgan fingerprint density at radius 2 is 1.70 bits per heavy atom. The monoisotopic (exact) mass is 316 g/mol. The fraction of sp³-hybridized carbons (Fsp3) is 0.526. The van der Waals surface area contributed by atoms with E-state index in [-0.39, 0.29) is 36.3 Å². The molecule has 1 aliphatic rings. The molecule has 3 atom stereocenters. The predicted molar refractivity (Wildman–Crippen MR) is 86.9 cm³/mol. The first-order chi connectivity index (χ1) is 10.7. The van der Waals surface area contributed by atoms with Gasteiger partial charge in [-0.1, -0.05) is 30.3 Å². The molecule has 3 unspecified atom stereocenters. The second-order valence-electron chi connectivity index (χ2n) is 7.24. The molecule has 0 N–H and O–H groups in total. The summed E-state index contributed by atoms with van der Waals surface area (Å²) in [4.78, 5) is 36.9. The number of carbonyl (C=O) groups is 3. The molecule has 1 aromatic rings. The van der Waals surface area contributed by atoms with Crippen LogP contribution in [0.2, 0.25) is 0 Å². The van der Waals surface area contributed by atoms with Gasteiger partial charge in [0.05, 0.1) is 5.92 Å². The Labute approximate surface area is 137 Å².